The van der Waals surface area contributed by atoms with Crippen LogP contribution < -0.4 is 17.0 Å². The molecule has 0 aliphatic heterocycles. The van der Waals surface area contributed by atoms with Gasteiger partial charge >= 0.3 is 5.97 Å². The van der Waals surface area contributed by atoms with Crippen LogP contribution in [0.4, 0.5) is 0 Å². The van der Waals surface area contributed by atoms with Crippen molar-refractivity contribution in [2.24, 2.45) is 0 Å². The van der Waals surface area contributed by atoms with Crippen molar-refractivity contribution in [2.75, 3.05) is 33.8 Å². The molecule has 0 saturated heterocycles. The summed E-state index contributed by atoms with van der Waals surface area (Å²) in [4.78, 5) is 22.4. The highest BCUT2D eigenvalue weighted by Crippen LogP contribution is 2.00. The minimum absolute atomic E-state index is 0. The van der Waals surface area contributed by atoms with Gasteiger partial charge in [0.25, 0.3) is 0 Å². The molecule has 0 saturated carbocycles. The molecule has 0 aromatic rings. The average Bonchev–Trinajstić information content (AvgIpc) is 2.16. The lowest BCUT2D eigenvalue weighted by molar-refractivity contribution is -0.882. The van der Waals surface area contributed by atoms with E-state index in [1.807, 2.05) is 21.0 Å². The van der Waals surface area contributed by atoms with E-state index >= 15 is 0 Å². The van der Waals surface area contributed by atoms with Gasteiger partial charge in [-0.1, -0.05) is 13.5 Å². The Balaban J connectivity index is 0. The lowest BCUT2D eigenvalue weighted by atomic mass is 10.2. The summed E-state index contributed by atoms with van der Waals surface area (Å²) in [5.41, 5.74) is 0.398. The number of esters is 1. The fraction of sp³-hybridized carbons (Fsp3) is 0.667. The first-order chi connectivity index (χ1) is 7.28. The molecule has 0 N–H and O–H groups in total. The molecule has 0 rings (SSSR count). The number of carbonyl (C=O) groups excluding carboxylic acids is 2. The van der Waals surface area contributed by atoms with Gasteiger partial charge in [-0.15, -0.1) is 0 Å². The van der Waals surface area contributed by atoms with Crippen LogP contribution in [-0.2, 0) is 14.3 Å². The Morgan fingerprint density at radius 1 is 1.29 bits per heavy atom. The minimum Gasteiger partial charge on any atom is -1.00 e. The minimum atomic E-state index is -0.373. The maximum atomic E-state index is 11.3. The summed E-state index contributed by atoms with van der Waals surface area (Å²) < 4.78 is 5.53. The molecule has 0 atom stereocenters. The Morgan fingerprint density at radius 3 is 2.24 bits per heavy atom. The molecule has 0 aliphatic rings. The van der Waals surface area contributed by atoms with Crippen LogP contribution in [0.3, 0.4) is 0 Å². The van der Waals surface area contributed by atoms with Crippen LogP contribution in [0, 0.1) is 0 Å². The van der Waals surface area contributed by atoms with Gasteiger partial charge in [0, 0.05) is 12.0 Å². The fourth-order valence-corrected chi connectivity index (χ4v) is 1.18. The van der Waals surface area contributed by atoms with Crippen molar-refractivity contribution >= 4 is 11.8 Å². The van der Waals surface area contributed by atoms with Gasteiger partial charge in [0.05, 0.1) is 14.1 Å². The third-order valence-corrected chi connectivity index (χ3v) is 2.28. The number of ether oxygens (including phenoxy) is 1. The number of hydrogen-bond acceptors (Lipinski definition) is 3. The lowest BCUT2D eigenvalue weighted by Crippen LogP contribution is -3.00. The SMILES string of the molecule is C=C(C)C(=O)OCC[N+](C)(C)CC(=O)CC.[Br-]. The number of carbonyl (C=O) groups is 2. The van der Waals surface area contributed by atoms with Crippen molar-refractivity contribution in [1.82, 2.24) is 0 Å². The third-order valence-electron chi connectivity index (χ3n) is 2.28. The molecule has 0 radical (unpaired) electrons. The summed E-state index contributed by atoms with van der Waals surface area (Å²) in [5, 5.41) is 0. The Morgan fingerprint density at radius 2 is 1.82 bits per heavy atom. The van der Waals surface area contributed by atoms with Crippen molar-refractivity contribution < 1.29 is 35.8 Å². The van der Waals surface area contributed by atoms with Crippen molar-refractivity contribution in [2.45, 2.75) is 20.3 Å². The quantitative estimate of drug-likeness (QED) is 0.316. The second-order valence-electron chi connectivity index (χ2n) is 4.63. The first kappa shape index (κ1) is 18.7. The molecule has 0 unspecified atom stereocenters. The second kappa shape index (κ2) is 8.42. The average molecular weight is 308 g/mol. The van der Waals surface area contributed by atoms with Crippen LogP contribution >= 0.6 is 0 Å². The number of quaternary nitrogens is 1. The molecule has 0 aromatic carbocycles. The zero-order chi connectivity index (χ0) is 12.8. The highest BCUT2D eigenvalue weighted by molar-refractivity contribution is 5.86. The molecule has 0 amide bonds. The van der Waals surface area contributed by atoms with Gasteiger partial charge in [-0.2, -0.15) is 0 Å². The number of nitrogens with zero attached hydrogens (tertiary/aromatic N) is 1. The Hall–Kier alpha value is -0.680. The molecule has 100 valence electrons. The predicted molar refractivity (Wildman–Crippen MR) is 62.9 cm³/mol. The van der Waals surface area contributed by atoms with Gasteiger partial charge in [-0.25, -0.2) is 4.79 Å². The summed E-state index contributed by atoms with van der Waals surface area (Å²) in [7, 11) is 3.89. The first-order valence-electron chi connectivity index (χ1n) is 5.45. The molecule has 0 fully saturated rings. The molecular formula is C12H22BrNO3. The van der Waals surface area contributed by atoms with E-state index in [4.69, 9.17) is 4.74 Å². The van der Waals surface area contributed by atoms with Crippen LogP contribution in [0.2, 0.25) is 0 Å². The monoisotopic (exact) mass is 307 g/mol. The molecule has 0 heterocycles. The fourth-order valence-electron chi connectivity index (χ4n) is 1.18. The van der Waals surface area contributed by atoms with Crippen molar-refractivity contribution in [3.63, 3.8) is 0 Å². The Bertz CT molecular complexity index is 287. The van der Waals surface area contributed by atoms with Crippen LogP contribution in [-0.4, -0.2) is 50.0 Å². The highest BCUT2D eigenvalue weighted by Gasteiger charge is 2.19. The van der Waals surface area contributed by atoms with Gasteiger partial charge in [-0.05, 0) is 6.92 Å². The van der Waals surface area contributed by atoms with E-state index in [0.717, 1.165) is 0 Å². The van der Waals surface area contributed by atoms with Crippen LogP contribution in [0.25, 0.3) is 0 Å². The van der Waals surface area contributed by atoms with E-state index in [2.05, 4.69) is 6.58 Å². The second-order valence-corrected chi connectivity index (χ2v) is 4.63. The van der Waals surface area contributed by atoms with E-state index in [9.17, 15) is 9.59 Å². The van der Waals surface area contributed by atoms with Crippen LogP contribution in [0.5, 0.6) is 0 Å². The topological polar surface area (TPSA) is 43.4 Å². The zero-order valence-corrected chi connectivity index (χ0v) is 12.7. The largest absolute Gasteiger partial charge is 1.00 e. The zero-order valence-electron chi connectivity index (χ0n) is 11.1. The Kier molecular flexibility index (Phi) is 9.25. The van der Waals surface area contributed by atoms with Crippen molar-refractivity contribution in [3.05, 3.63) is 12.2 Å². The summed E-state index contributed by atoms with van der Waals surface area (Å²) in [6.45, 7) is 8.38. The van der Waals surface area contributed by atoms with Crippen molar-refractivity contribution in [3.8, 4) is 0 Å². The van der Waals surface area contributed by atoms with Gasteiger partial charge in [0.2, 0.25) is 0 Å². The predicted octanol–water partition coefficient (Wildman–Crippen LogP) is -1.83. The molecule has 0 aromatic heterocycles. The van der Waals surface area contributed by atoms with E-state index in [0.29, 0.717) is 36.2 Å². The molecule has 4 nitrogen and oxygen atoms in total. The van der Waals surface area contributed by atoms with E-state index < -0.39 is 0 Å². The summed E-state index contributed by atoms with van der Waals surface area (Å²) in [5.74, 6) is -0.155. The van der Waals surface area contributed by atoms with Gasteiger partial charge in [0.15, 0.2) is 5.78 Å². The number of likely N-dealkylation sites (N-methyl/N-ethyl adjacent to an activating group) is 1. The number of ketones is 1. The molecule has 0 bridgehead atoms. The molecule has 0 spiro atoms. The third kappa shape index (κ3) is 9.06. The van der Waals surface area contributed by atoms with Crippen molar-refractivity contribution in [1.29, 1.82) is 0 Å². The van der Waals surface area contributed by atoms with Gasteiger partial charge in [-0.3, -0.25) is 4.79 Å². The summed E-state index contributed by atoms with van der Waals surface area (Å²) in [6.07, 6.45) is 0.549. The van der Waals surface area contributed by atoms with Crippen LogP contribution in [0.15, 0.2) is 12.2 Å². The molecule has 0 aliphatic carbocycles. The number of rotatable bonds is 7. The first-order valence-corrected chi connectivity index (χ1v) is 5.45. The summed E-state index contributed by atoms with van der Waals surface area (Å²) >= 11 is 0. The molecular weight excluding hydrogens is 286 g/mol. The maximum Gasteiger partial charge on any atom is 0.333 e. The van der Waals surface area contributed by atoms with Gasteiger partial charge < -0.3 is 26.2 Å². The molecule has 5 heteroatoms. The molecule has 17 heavy (non-hydrogen) atoms. The number of halogens is 1. The summed E-state index contributed by atoms with van der Waals surface area (Å²) in [6, 6.07) is 0. The van der Waals surface area contributed by atoms with E-state index in [1.54, 1.807) is 6.92 Å². The highest BCUT2D eigenvalue weighted by atomic mass is 79.9. The smallest absolute Gasteiger partial charge is 0.333 e. The normalized spacial score (nSPS) is 10.4. The number of hydrogen-bond donors (Lipinski definition) is 0. The lowest BCUT2D eigenvalue weighted by Gasteiger charge is -2.28. The van der Waals surface area contributed by atoms with E-state index in [-0.39, 0.29) is 28.7 Å². The Labute approximate surface area is 114 Å². The number of Topliss-reactive ketones (excluding diaryl/α,β-unsaturated/α-hetero) is 1. The van der Waals surface area contributed by atoms with Gasteiger partial charge in [0.1, 0.15) is 19.7 Å². The van der Waals surface area contributed by atoms with Crippen LogP contribution in [0.1, 0.15) is 20.3 Å². The maximum absolute atomic E-state index is 11.3. The standard InChI is InChI=1S/C12H22NO3.BrH/c1-6-11(14)9-13(4,5)7-8-16-12(15)10(2)3;/h2,6-9H2,1,3-5H3;1H/q+1;/p-1. The van der Waals surface area contributed by atoms with E-state index in [1.165, 1.54) is 0 Å².